The zero-order valence-corrected chi connectivity index (χ0v) is 25.6. The number of pyridine rings is 1. The van der Waals surface area contributed by atoms with Crippen LogP contribution in [-0.4, -0.2) is 18.2 Å². The molecule has 212 valence electrons. The molecule has 0 spiro atoms. The van der Waals surface area contributed by atoms with Crippen LogP contribution in [0.25, 0.3) is 49.0 Å². The van der Waals surface area contributed by atoms with Crippen LogP contribution in [0.1, 0.15) is 30.5 Å². The Balaban J connectivity index is 1.09. The van der Waals surface area contributed by atoms with Crippen molar-refractivity contribution in [3.8, 4) is 33.4 Å². The number of nitrogens with zero attached hydrogens (tertiary/aromatic N) is 3. The first-order valence-corrected chi connectivity index (χ1v) is 15.8. The van der Waals surface area contributed by atoms with E-state index < -0.39 is 0 Å². The van der Waals surface area contributed by atoms with Gasteiger partial charge >= 0.3 is 0 Å². The Labute approximate surface area is 262 Å². The first-order chi connectivity index (χ1) is 21.5. The maximum absolute atomic E-state index is 4.41. The largest absolute Gasteiger partial charge is 0.334 e. The lowest BCUT2D eigenvalue weighted by molar-refractivity contribution is 0.661. The molecule has 0 saturated carbocycles. The van der Waals surface area contributed by atoms with E-state index in [0.717, 1.165) is 22.6 Å². The summed E-state index contributed by atoms with van der Waals surface area (Å²) in [6.45, 7) is 9.38. The first kappa shape index (κ1) is 26.6. The third-order valence-electron chi connectivity index (χ3n) is 9.11. The van der Waals surface area contributed by atoms with E-state index in [0.29, 0.717) is 0 Å². The lowest BCUT2D eigenvalue weighted by Crippen LogP contribution is -2.17. The highest BCUT2D eigenvalue weighted by Crippen LogP contribution is 2.51. The summed E-state index contributed by atoms with van der Waals surface area (Å²) < 4.78 is 1.23. The fraction of sp³-hybridized carbons (Fsp3) is 0.100. The van der Waals surface area contributed by atoms with E-state index in [4.69, 9.17) is 0 Å². The molecule has 1 aliphatic carbocycles. The van der Waals surface area contributed by atoms with Gasteiger partial charge in [-0.15, -0.1) is 11.3 Å². The number of thiophene rings is 1. The highest BCUT2D eigenvalue weighted by molar-refractivity contribution is 7.23. The van der Waals surface area contributed by atoms with Crippen molar-refractivity contribution in [2.24, 2.45) is 4.99 Å². The summed E-state index contributed by atoms with van der Waals surface area (Å²) in [6, 6.07) is 35.4. The van der Waals surface area contributed by atoms with Crippen molar-refractivity contribution in [3.63, 3.8) is 0 Å². The third kappa shape index (κ3) is 4.25. The van der Waals surface area contributed by atoms with Crippen LogP contribution >= 0.6 is 11.3 Å². The Kier molecular flexibility index (Phi) is 6.21. The van der Waals surface area contributed by atoms with Gasteiger partial charge in [0.2, 0.25) is 0 Å². The zero-order chi connectivity index (χ0) is 29.8. The summed E-state index contributed by atoms with van der Waals surface area (Å²) in [6.07, 6.45) is 10.4. The maximum atomic E-state index is 4.41. The van der Waals surface area contributed by atoms with Gasteiger partial charge in [0.15, 0.2) is 0 Å². The predicted octanol–water partition coefficient (Wildman–Crippen LogP) is 10.7. The van der Waals surface area contributed by atoms with Gasteiger partial charge in [-0.3, -0.25) is 9.98 Å². The molecule has 3 heterocycles. The fourth-order valence-corrected chi connectivity index (χ4v) is 7.88. The minimum atomic E-state index is -0.0867. The van der Waals surface area contributed by atoms with E-state index in [9.17, 15) is 0 Å². The molecule has 3 nitrogen and oxygen atoms in total. The van der Waals surface area contributed by atoms with Crippen LogP contribution < -0.4 is 4.90 Å². The van der Waals surface area contributed by atoms with Crippen molar-refractivity contribution in [1.29, 1.82) is 0 Å². The molecule has 0 fully saturated rings. The van der Waals surface area contributed by atoms with Crippen LogP contribution in [0.5, 0.6) is 0 Å². The Morgan fingerprint density at radius 1 is 0.750 bits per heavy atom. The second kappa shape index (κ2) is 10.3. The molecule has 8 rings (SSSR count). The number of fused-ring (bicyclic) bond motifs is 4. The number of allylic oxidation sites excluding steroid dienone is 2. The standard InChI is InChI=1S/C40H31N3S/c1-40(2)35-23-29(14-16-32(35)33-17-15-30(24-36(33)40)28-18-20-42-21-19-28)26-10-12-27(13-11-26)31-7-6-22-43(25-31)39-38(41-3)34-8-4-5-9-37(34)44-39/h4-21,23-25H,3,22H2,1-2H3. The molecule has 0 bridgehead atoms. The topological polar surface area (TPSA) is 28.5 Å². The van der Waals surface area contributed by atoms with E-state index in [2.05, 4.69) is 151 Å². The maximum Gasteiger partial charge on any atom is 0.123 e. The van der Waals surface area contributed by atoms with Gasteiger partial charge in [0, 0.05) is 40.6 Å². The number of benzene rings is 4. The van der Waals surface area contributed by atoms with Crippen molar-refractivity contribution in [2.75, 3.05) is 11.4 Å². The Hall–Kier alpha value is -5.06. The number of rotatable bonds is 5. The highest BCUT2D eigenvalue weighted by atomic mass is 32.1. The van der Waals surface area contributed by atoms with Gasteiger partial charge in [-0.1, -0.05) is 92.7 Å². The van der Waals surface area contributed by atoms with E-state index in [1.54, 1.807) is 11.3 Å². The lowest BCUT2D eigenvalue weighted by Gasteiger charge is -2.23. The summed E-state index contributed by atoms with van der Waals surface area (Å²) in [5.41, 5.74) is 13.6. The molecule has 4 heteroatoms. The van der Waals surface area contributed by atoms with Gasteiger partial charge in [0.05, 0.1) is 0 Å². The minimum absolute atomic E-state index is 0.0867. The Bertz CT molecular complexity index is 2130. The summed E-state index contributed by atoms with van der Waals surface area (Å²) >= 11 is 1.77. The van der Waals surface area contributed by atoms with E-state index in [-0.39, 0.29) is 5.41 Å². The second-order valence-corrected chi connectivity index (χ2v) is 13.0. The Morgan fingerprint density at radius 3 is 2.05 bits per heavy atom. The lowest BCUT2D eigenvalue weighted by atomic mass is 9.81. The first-order valence-electron chi connectivity index (χ1n) is 15.0. The molecular weight excluding hydrogens is 555 g/mol. The number of anilines is 1. The number of aromatic nitrogens is 1. The summed E-state index contributed by atoms with van der Waals surface area (Å²) in [5, 5.41) is 2.29. The minimum Gasteiger partial charge on any atom is -0.334 e. The summed E-state index contributed by atoms with van der Waals surface area (Å²) in [5.74, 6) is 0. The quantitative estimate of drug-likeness (QED) is 0.188. The predicted molar refractivity (Wildman–Crippen MR) is 188 cm³/mol. The van der Waals surface area contributed by atoms with Crippen LogP contribution in [0.2, 0.25) is 0 Å². The molecule has 2 aliphatic rings. The second-order valence-electron chi connectivity index (χ2n) is 12.0. The molecule has 0 radical (unpaired) electrons. The normalized spacial score (nSPS) is 14.8. The van der Waals surface area contributed by atoms with Crippen LogP contribution in [-0.2, 0) is 5.41 Å². The molecule has 4 aromatic carbocycles. The van der Waals surface area contributed by atoms with Crippen LogP contribution in [0, 0.1) is 0 Å². The average Bonchev–Trinajstić information content (AvgIpc) is 3.57. The van der Waals surface area contributed by atoms with Crippen molar-refractivity contribution < 1.29 is 0 Å². The highest BCUT2D eigenvalue weighted by Gasteiger charge is 2.35. The Morgan fingerprint density at radius 2 is 1.36 bits per heavy atom. The molecule has 0 unspecified atom stereocenters. The number of aliphatic imine (C=N–C) groups is 1. The van der Waals surface area contributed by atoms with Crippen molar-refractivity contribution in [3.05, 3.63) is 144 Å². The van der Waals surface area contributed by atoms with Crippen molar-refractivity contribution >= 4 is 44.4 Å². The molecule has 0 amide bonds. The van der Waals surface area contributed by atoms with E-state index >= 15 is 0 Å². The summed E-state index contributed by atoms with van der Waals surface area (Å²) in [4.78, 5) is 10.9. The SMILES string of the molecule is C=Nc1c(N2C=C(c3ccc(-c4ccc5c(c4)C(C)(C)c4cc(-c6ccncc6)ccc4-5)cc3)C=CC2)sc2ccccc12. The van der Waals surface area contributed by atoms with Crippen LogP contribution in [0.3, 0.4) is 0 Å². The molecule has 0 saturated heterocycles. The number of hydrogen-bond donors (Lipinski definition) is 0. The zero-order valence-electron chi connectivity index (χ0n) is 24.8. The van der Waals surface area contributed by atoms with Crippen molar-refractivity contribution in [1.82, 2.24) is 4.98 Å². The summed E-state index contributed by atoms with van der Waals surface area (Å²) in [7, 11) is 0. The molecule has 0 N–H and O–H groups in total. The van der Waals surface area contributed by atoms with Gasteiger partial charge in [0.25, 0.3) is 0 Å². The number of hydrogen-bond acceptors (Lipinski definition) is 4. The van der Waals surface area contributed by atoms with Crippen molar-refractivity contribution in [2.45, 2.75) is 19.3 Å². The smallest absolute Gasteiger partial charge is 0.123 e. The van der Waals surface area contributed by atoms with Gasteiger partial charge in [-0.25, -0.2) is 0 Å². The van der Waals surface area contributed by atoms with Gasteiger partial charge < -0.3 is 4.90 Å². The molecule has 2 aromatic heterocycles. The van der Waals surface area contributed by atoms with E-state index in [1.165, 1.54) is 60.3 Å². The van der Waals surface area contributed by atoms with Crippen LogP contribution in [0.15, 0.2) is 133 Å². The molecule has 1 aliphatic heterocycles. The van der Waals surface area contributed by atoms with Crippen LogP contribution in [0.4, 0.5) is 10.7 Å². The van der Waals surface area contributed by atoms with Gasteiger partial charge in [-0.2, -0.15) is 0 Å². The van der Waals surface area contributed by atoms with Gasteiger partial charge in [0.1, 0.15) is 10.7 Å². The monoisotopic (exact) mass is 585 g/mol. The molecule has 44 heavy (non-hydrogen) atoms. The average molecular weight is 586 g/mol. The third-order valence-corrected chi connectivity index (χ3v) is 10.3. The van der Waals surface area contributed by atoms with Gasteiger partial charge in [-0.05, 0) is 92.7 Å². The molecule has 0 atom stereocenters. The fourth-order valence-electron chi connectivity index (χ4n) is 6.73. The molecule has 6 aromatic rings. The van der Waals surface area contributed by atoms with E-state index in [1.807, 2.05) is 12.4 Å². The molecular formula is C40H31N3S.